The van der Waals surface area contributed by atoms with E-state index in [2.05, 4.69) is 9.11 Å². The van der Waals surface area contributed by atoms with E-state index in [0.29, 0.717) is 5.56 Å². The van der Waals surface area contributed by atoms with E-state index in [1.54, 1.807) is 0 Å². The van der Waals surface area contributed by atoms with E-state index in [4.69, 9.17) is 10.5 Å². The van der Waals surface area contributed by atoms with Crippen LogP contribution in [-0.4, -0.2) is 23.2 Å². The average molecular weight is 332 g/mol. The molecule has 0 unspecified atom stereocenters. The van der Waals surface area contributed by atoms with Crippen molar-refractivity contribution in [3.05, 3.63) is 41.0 Å². The van der Waals surface area contributed by atoms with Gasteiger partial charge >= 0.3 is 5.97 Å². The first kappa shape index (κ1) is 15.5. The zero-order chi connectivity index (χ0) is 16.4. The van der Waals surface area contributed by atoms with Crippen LogP contribution in [0.25, 0.3) is 0 Å². The lowest BCUT2D eigenvalue weighted by Gasteiger charge is -2.07. The Balaban J connectivity index is 1.72. The quantitative estimate of drug-likeness (QED) is 0.646. The summed E-state index contributed by atoms with van der Waals surface area (Å²) in [4.78, 5) is 23.8. The minimum absolute atomic E-state index is 0.141. The zero-order valence-electron chi connectivity index (χ0n) is 12.6. The second-order valence-corrected chi connectivity index (χ2v) is 6.15. The molecular weight excluding hydrogens is 316 g/mol. The molecule has 0 aliphatic heterocycles. The number of Topliss-reactive ketones (excluding diaryl/α,β-unsaturated/α-hetero) is 1. The molecule has 2 N–H and O–H groups in total. The lowest BCUT2D eigenvalue weighted by atomic mass is 10.0. The van der Waals surface area contributed by atoms with E-state index in [1.165, 1.54) is 7.11 Å². The molecule has 0 radical (unpaired) electrons. The predicted molar refractivity (Wildman–Crippen MR) is 85.7 cm³/mol. The summed E-state index contributed by atoms with van der Waals surface area (Å²) in [5.41, 5.74) is 7.39. The molecule has 1 fully saturated rings. The Hall–Kier alpha value is -2.41. The van der Waals surface area contributed by atoms with Crippen molar-refractivity contribution in [1.29, 1.82) is 0 Å². The molecule has 1 aromatic carbocycles. The number of benzene rings is 1. The summed E-state index contributed by atoms with van der Waals surface area (Å²) in [6, 6.07) is 7.31. The Bertz CT molecular complexity index is 752. The molecule has 0 spiro atoms. The van der Waals surface area contributed by atoms with Crippen LogP contribution in [0.5, 0.6) is 5.88 Å². The summed E-state index contributed by atoms with van der Waals surface area (Å²) >= 11 is 0.978. The van der Waals surface area contributed by atoms with Gasteiger partial charge in [0.15, 0.2) is 11.3 Å². The van der Waals surface area contributed by atoms with Gasteiger partial charge < -0.3 is 15.2 Å². The van der Waals surface area contributed by atoms with Crippen LogP contribution >= 0.6 is 11.5 Å². The van der Waals surface area contributed by atoms with E-state index < -0.39 is 5.97 Å². The molecule has 0 atom stereocenters. The Morgan fingerprint density at radius 3 is 2.87 bits per heavy atom. The molecule has 0 amide bonds. The molecular formula is C16H16N2O4S. The summed E-state index contributed by atoms with van der Waals surface area (Å²) in [7, 11) is 1.27. The second-order valence-electron chi connectivity index (χ2n) is 5.35. The highest BCUT2D eigenvalue weighted by molar-refractivity contribution is 7.10. The summed E-state index contributed by atoms with van der Waals surface area (Å²) in [6.45, 7) is 0.193. The number of aromatic nitrogens is 1. The molecule has 1 aliphatic carbocycles. The number of hydrogen-bond acceptors (Lipinski definition) is 7. The number of nitrogens with zero attached hydrogens (tertiary/aromatic N) is 1. The molecule has 6 nitrogen and oxygen atoms in total. The molecule has 1 aliphatic rings. The number of anilines is 1. The first-order valence-corrected chi connectivity index (χ1v) is 7.97. The van der Waals surface area contributed by atoms with Gasteiger partial charge in [-0.1, -0.05) is 18.2 Å². The number of ether oxygens (including phenoxy) is 2. The fraction of sp³-hybridized carbons (Fsp3) is 0.312. The molecule has 1 saturated carbocycles. The van der Waals surface area contributed by atoms with Crippen LogP contribution in [-0.2, 0) is 11.3 Å². The Morgan fingerprint density at radius 1 is 1.39 bits per heavy atom. The molecule has 1 aromatic heterocycles. The third-order valence-electron chi connectivity index (χ3n) is 3.61. The van der Waals surface area contributed by atoms with Gasteiger partial charge in [0.1, 0.15) is 11.6 Å². The molecule has 23 heavy (non-hydrogen) atoms. The highest BCUT2D eigenvalue weighted by atomic mass is 32.1. The van der Waals surface area contributed by atoms with Crippen molar-refractivity contribution in [2.24, 2.45) is 5.92 Å². The van der Waals surface area contributed by atoms with Gasteiger partial charge in [-0.2, -0.15) is 4.37 Å². The van der Waals surface area contributed by atoms with Gasteiger partial charge in [-0.15, -0.1) is 0 Å². The molecule has 7 heteroatoms. The molecule has 1 heterocycles. The lowest BCUT2D eigenvalue weighted by Crippen LogP contribution is -2.07. The topological polar surface area (TPSA) is 91.5 Å². The van der Waals surface area contributed by atoms with Crippen molar-refractivity contribution >= 4 is 28.3 Å². The van der Waals surface area contributed by atoms with Crippen LogP contribution in [0.2, 0.25) is 0 Å². The molecule has 0 saturated heterocycles. The van der Waals surface area contributed by atoms with Crippen molar-refractivity contribution in [3.63, 3.8) is 0 Å². The van der Waals surface area contributed by atoms with Crippen LogP contribution < -0.4 is 10.5 Å². The zero-order valence-corrected chi connectivity index (χ0v) is 13.4. The number of hydrogen-bond donors (Lipinski definition) is 1. The van der Waals surface area contributed by atoms with Crippen LogP contribution in [0.1, 0.15) is 39.1 Å². The number of nitrogen functional groups attached to an aromatic ring is 1. The summed E-state index contributed by atoms with van der Waals surface area (Å²) < 4.78 is 14.3. The van der Waals surface area contributed by atoms with Crippen LogP contribution in [0, 0.1) is 5.92 Å². The predicted octanol–water partition coefficient (Wildman–Crippen LogP) is 2.68. The number of rotatable bonds is 6. The van der Waals surface area contributed by atoms with Gasteiger partial charge in [-0.05, 0) is 36.0 Å². The number of carbonyl (C=O) groups excluding carboxylic acids is 2. The monoisotopic (exact) mass is 332 g/mol. The van der Waals surface area contributed by atoms with Crippen molar-refractivity contribution in [2.75, 3.05) is 12.8 Å². The second kappa shape index (κ2) is 6.37. The number of ketones is 1. The van der Waals surface area contributed by atoms with Gasteiger partial charge in [-0.25, -0.2) is 4.79 Å². The molecule has 3 rings (SSSR count). The highest BCUT2D eigenvalue weighted by Gasteiger charge is 2.30. The van der Waals surface area contributed by atoms with Crippen molar-refractivity contribution in [2.45, 2.75) is 19.4 Å². The largest absolute Gasteiger partial charge is 0.472 e. The van der Waals surface area contributed by atoms with Crippen LogP contribution in [0.4, 0.5) is 5.00 Å². The number of methoxy groups -OCH3 is 1. The average Bonchev–Trinajstić information content (AvgIpc) is 3.35. The first-order valence-electron chi connectivity index (χ1n) is 7.19. The minimum Gasteiger partial charge on any atom is -0.472 e. The van der Waals surface area contributed by atoms with Gasteiger partial charge in [0.2, 0.25) is 5.88 Å². The van der Waals surface area contributed by atoms with E-state index in [9.17, 15) is 9.59 Å². The van der Waals surface area contributed by atoms with Gasteiger partial charge in [-0.3, -0.25) is 4.79 Å². The minimum atomic E-state index is -0.580. The van der Waals surface area contributed by atoms with Gasteiger partial charge in [0.25, 0.3) is 0 Å². The SMILES string of the molecule is COC(=O)c1c(OCc2cccc(C(=O)C3CC3)c2)nsc1N. The maximum Gasteiger partial charge on any atom is 0.346 e. The number of carbonyl (C=O) groups is 2. The van der Waals surface area contributed by atoms with Crippen LogP contribution in [0.15, 0.2) is 24.3 Å². The van der Waals surface area contributed by atoms with E-state index in [-0.39, 0.29) is 34.8 Å². The fourth-order valence-electron chi connectivity index (χ4n) is 2.22. The van der Waals surface area contributed by atoms with E-state index in [1.807, 2.05) is 24.3 Å². The maximum absolute atomic E-state index is 12.1. The van der Waals surface area contributed by atoms with Gasteiger partial charge in [0.05, 0.1) is 7.11 Å². The third-order valence-corrected chi connectivity index (χ3v) is 4.27. The van der Waals surface area contributed by atoms with Crippen molar-refractivity contribution < 1.29 is 19.1 Å². The standard InChI is InChI=1S/C16H16N2O4S/c1-21-16(20)12-14(17)23-18-15(12)22-8-9-3-2-4-11(7-9)13(19)10-5-6-10/h2-4,7,10H,5-6,8,17H2,1H3. The normalized spacial score (nSPS) is 13.6. The Kier molecular flexibility index (Phi) is 4.29. The maximum atomic E-state index is 12.1. The molecule has 2 aromatic rings. The Labute approximate surface area is 137 Å². The van der Waals surface area contributed by atoms with E-state index >= 15 is 0 Å². The number of esters is 1. The Morgan fingerprint density at radius 2 is 2.17 bits per heavy atom. The van der Waals surface area contributed by atoms with Crippen molar-refractivity contribution in [1.82, 2.24) is 4.37 Å². The summed E-state index contributed by atoms with van der Waals surface area (Å²) in [6.07, 6.45) is 1.94. The van der Waals surface area contributed by atoms with Gasteiger partial charge in [0, 0.05) is 11.5 Å². The highest BCUT2D eigenvalue weighted by Crippen LogP contribution is 2.33. The third kappa shape index (κ3) is 3.34. The summed E-state index contributed by atoms with van der Waals surface area (Å²) in [5, 5.41) is 0.254. The van der Waals surface area contributed by atoms with E-state index in [0.717, 1.165) is 29.9 Å². The fourth-order valence-corrected chi connectivity index (χ4v) is 2.81. The van der Waals surface area contributed by atoms with Crippen molar-refractivity contribution in [3.8, 4) is 5.88 Å². The first-order chi connectivity index (χ1) is 11.1. The summed E-state index contributed by atoms with van der Waals surface area (Å²) in [5.74, 6) is -0.0716. The smallest absolute Gasteiger partial charge is 0.346 e. The number of nitrogens with two attached hydrogens (primary N) is 1. The molecule has 0 bridgehead atoms. The van der Waals surface area contributed by atoms with Crippen LogP contribution in [0.3, 0.4) is 0 Å². The lowest BCUT2D eigenvalue weighted by molar-refractivity contribution is 0.0596. The molecule has 120 valence electrons.